The van der Waals surface area contributed by atoms with E-state index in [0.29, 0.717) is 0 Å². The minimum absolute atomic E-state index is 0.180. The number of halogens is 3. The number of aromatic nitrogens is 2. The third kappa shape index (κ3) is 2.85. The van der Waals surface area contributed by atoms with Crippen LogP contribution in [0.5, 0.6) is 0 Å². The molecule has 0 aliphatic carbocycles. The normalized spacial score (nSPS) is 11.9. The van der Waals surface area contributed by atoms with Gasteiger partial charge in [0.1, 0.15) is 5.69 Å². The SMILES string of the molecule is O=[N+]([O-])c1ccccc1/C=C/c1cn[nH]c1C(F)(F)F. The molecule has 0 fully saturated rings. The predicted octanol–water partition coefficient (Wildman–Crippen LogP) is 3.51. The maximum absolute atomic E-state index is 12.6. The van der Waals surface area contributed by atoms with Crippen LogP contribution in [0.4, 0.5) is 18.9 Å². The lowest BCUT2D eigenvalue weighted by Gasteiger charge is -2.03. The summed E-state index contributed by atoms with van der Waals surface area (Å²) in [4.78, 5) is 10.2. The van der Waals surface area contributed by atoms with Crippen molar-refractivity contribution in [2.75, 3.05) is 0 Å². The summed E-state index contributed by atoms with van der Waals surface area (Å²) in [5, 5.41) is 16.0. The summed E-state index contributed by atoms with van der Waals surface area (Å²) in [5.41, 5.74) is -1.14. The summed E-state index contributed by atoms with van der Waals surface area (Å²) in [6, 6.07) is 5.77. The van der Waals surface area contributed by atoms with E-state index in [0.717, 1.165) is 12.3 Å². The third-order valence-corrected chi connectivity index (χ3v) is 2.53. The second kappa shape index (κ2) is 5.16. The number of H-pyrrole nitrogens is 1. The van der Waals surface area contributed by atoms with E-state index in [1.165, 1.54) is 24.3 Å². The summed E-state index contributed by atoms with van der Waals surface area (Å²) in [5.74, 6) is 0. The summed E-state index contributed by atoms with van der Waals surface area (Å²) < 4.78 is 37.8. The molecule has 1 aromatic heterocycles. The van der Waals surface area contributed by atoms with Crippen molar-refractivity contribution >= 4 is 17.8 Å². The van der Waals surface area contributed by atoms with Gasteiger partial charge in [-0.25, -0.2) is 0 Å². The molecule has 0 aliphatic heterocycles. The Bertz CT molecular complexity index is 662. The molecule has 5 nitrogen and oxygen atoms in total. The number of nitro benzene ring substituents is 1. The van der Waals surface area contributed by atoms with Crippen LogP contribution in [-0.2, 0) is 6.18 Å². The Kier molecular flexibility index (Phi) is 3.55. The van der Waals surface area contributed by atoms with E-state index in [1.54, 1.807) is 6.07 Å². The molecule has 1 N–H and O–H groups in total. The van der Waals surface area contributed by atoms with Crippen LogP contribution in [0.15, 0.2) is 30.5 Å². The van der Waals surface area contributed by atoms with Crippen molar-refractivity contribution in [3.8, 4) is 0 Å². The van der Waals surface area contributed by atoms with Crippen molar-refractivity contribution in [3.63, 3.8) is 0 Å². The van der Waals surface area contributed by atoms with Crippen LogP contribution in [0.25, 0.3) is 12.2 Å². The van der Waals surface area contributed by atoms with Gasteiger partial charge in [-0.05, 0) is 12.1 Å². The molecule has 1 aromatic carbocycles. The maximum atomic E-state index is 12.6. The molecule has 0 atom stereocenters. The van der Waals surface area contributed by atoms with Gasteiger partial charge in [0.2, 0.25) is 0 Å². The maximum Gasteiger partial charge on any atom is 0.433 e. The Morgan fingerprint density at radius 3 is 2.50 bits per heavy atom. The monoisotopic (exact) mass is 283 g/mol. The third-order valence-electron chi connectivity index (χ3n) is 2.53. The number of alkyl halides is 3. The lowest BCUT2D eigenvalue weighted by Crippen LogP contribution is -2.07. The minimum Gasteiger partial charge on any atom is -0.273 e. The molecule has 104 valence electrons. The lowest BCUT2D eigenvalue weighted by molar-refractivity contribution is -0.385. The van der Waals surface area contributed by atoms with E-state index in [2.05, 4.69) is 5.10 Å². The summed E-state index contributed by atoms with van der Waals surface area (Å²) >= 11 is 0. The Balaban J connectivity index is 2.36. The number of para-hydroxylation sites is 1. The van der Waals surface area contributed by atoms with Crippen molar-refractivity contribution in [3.05, 3.63) is 57.4 Å². The Morgan fingerprint density at radius 1 is 1.20 bits per heavy atom. The van der Waals surface area contributed by atoms with E-state index in [-0.39, 0.29) is 16.8 Å². The molecule has 0 saturated carbocycles. The molecule has 0 radical (unpaired) electrons. The van der Waals surface area contributed by atoms with Crippen molar-refractivity contribution in [1.29, 1.82) is 0 Å². The van der Waals surface area contributed by atoms with E-state index in [4.69, 9.17) is 0 Å². The molecule has 0 unspecified atom stereocenters. The minimum atomic E-state index is -4.56. The van der Waals surface area contributed by atoms with Crippen LogP contribution in [0.1, 0.15) is 16.8 Å². The quantitative estimate of drug-likeness (QED) is 0.692. The highest BCUT2D eigenvalue weighted by atomic mass is 19.4. The van der Waals surface area contributed by atoms with Crippen molar-refractivity contribution in [1.82, 2.24) is 10.2 Å². The second-order valence-corrected chi connectivity index (χ2v) is 3.85. The zero-order chi connectivity index (χ0) is 14.8. The zero-order valence-electron chi connectivity index (χ0n) is 9.89. The second-order valence-electron chi connectivity index (χ2n) is 3.85. The molecule has 0 amide bonds. The number of hydrogen-bond acceptors (Lipinski definition) is 3. The molecular formula is C12H8F3N3O2. The first-order valence-electron chi connectivity index (χ1n) is 5.41. The van der Waals surface area contributed by atoms with Gasteiger partial charge >= 0.3 is 6.18 Å². The van der Waals surface area contributed by atoms with Gasteiger partial charge in [0.25, 0.3) is 5.69 Å². The van der Waals surface area contributed by atoms with Crippen LogP contribution < -0.4 is 0 Å². The fourth-order valence-corrected chi connectivity index (χ4v) is 1.62. The van der Waals surface area contributed by atoms with Gasteiger partial charge in [0.05, 0.1) is 16.7 Å². The van der Waals surface area contributed by atoms with Crippen molar-refractivity contribution in [2.45, 2.75) is 6.18 Å². The van der Waals surface area contributed by atoms with Gasteiger partial charge in [0, 0.05) is 11.6 Å². The summed E-state index contributed by atoms with van der Waals surface area (Å²) in [7, 11) is 0. The van der Waals surface area contributed by atoms with E-state index in [1.807, 2.05) is 5.10 Å². The zero-order valence-corrected chi connectivity index (χ0v) is 9.89. The van der Waals surface area contributed by atoms with Gasteiger partial charge in [-0.3, -0.25) is 15.2 Å². The molecule has 2 rings (SSSR count). The molecule has 0 bridgehead atoms. The molecule has 0 aliphatic rings. The van der Waals surface area contributed by atoms with Crippen LogP contribution in [0.2, 0.25) is 0 Å². The number of hydrogen-bond donors (Lipinski definition) is 1. The van der Waals surface area contributed by atoms with Gasteiger partial charge < -0.3 is 0 Å². The van der Waals surface area contributed by atoms with Crippen molar-refractivity contribution in [2.24, 2.45) is 0 Å². The number of rotatable bonds is 3. The van der Waals surface area contributed by atoms with Crippen LogP contribution in [-0.4, -0.2) is 15.1 Å². The molecule has 0 saturated heterocycles. The highest BCUT2D eigenvalue weighted by Crippen LogP contribution is 2.31. The molecule has 0 spiro atoms. The first kappa shape index (κ1) is 13.8. The number of aromatic amines is 1. The number of nitrogens with zero attached hydrogens (tertiary/aromatic N) is 2. The van der Waals surface area contributed by atoms with Crippen LogP contribution >= 0.6 is 0 Å². The summed E-state index contributed by atoms with van der Waals surface area (Å²) in [6.07, 6.45) is -1.17. The van der Waals surface area contributed by atoms with Gasteiger partial charge in [-0.15, -0.1) is 0 Å². The molecule has 8 heteroatoms. The van der Waals surface area contributed by atoms with Crippen LogP contribution in [0.3, 0.4) is 0 Å². The summed E-state index contributed by atoms with van der Waals surface area (Å²) in [6.45, 7) is 0. The first-order valence-corrected chi connectivity index (χ1v) is 5.41. The topological polar surface area (TPSA) is 71.8 Å². The molecule has 20 heavy (non-hydrogen) atoms. The first-order chi connectivity index (χ1) is 9.39. The highest BCUT2D eigenvalue weighted by Gasteiger charge is 2.34. The van der Waals surface area contributed by atoms with Crippen LogP contribution in [0, 0.1) is 10.1 Å². The Labute approximate surface area is 110 Å². The largest absolute Gasteiger partial charge is 0.433 e. The van der Waals surface area contributed by atoms with Gasteiger partial charge in [-0.2, -0.15) is 18.3 Å². The molecule has 1 heterocycles. The lowest BCUT2D eigenvalue weighted by atomic mass is 10.1. The molecule has 2 aromatic rings. The fraction of sp³-hybridized carbons (Fsp3) is 0.0833. The van der Waals surface area contributed by atoms with Gasteiger partial charge in [-0.1, -0.05) is 18.2 Å². The van der Waals surface area contributed by atoms with Crippen molar-refractivity contribution < 1.29 is 18.1 Å². The Hall–Kier alpha value is -2.64. The number of nitro groups is 1. The van der Waals surface area contributed by atoms with E-state index in [9.17, 15) is 23.3 Å². The van der Waals surface area contributed by atoms with E-state index < -0.39 is 16.8 Å². The smallest absolute Gasteiger partial charge is 0.273 e. The van der Waals surface area contributed by atoms with E-state index >= 15 is 0 Å². The number of benzene rings is 1. The average molecular weight is 283 g/mol. The fourth-order valence-electron chi connectivity index (χ4n) is 1.62. The predicted molar refractivity (Wildman–Crippen MR) is 65.6 cm³/mol. The van der Waals surface area contributed by atoms with Gasteiger partial charge in [0.15, 0.2) is 0 Å². The standard InChI is InChI=1S/C12H8F3N3O2/c13-12(14,15)11-9(7-16-17-11)6-5-8-3-1-2-4-10(8)18(19)20/h1-7H,(H,16,17)/b6-5+. The highest BCUT2D eigenvalue weighted by molar-refractivity contribution is 5.74. The number of nitrogens with one attached hydrogen (secondary N) is 1. The Morgan fingerprint density at radius 2 is 1.85 bits per heavy atom. The molecular weight excluding hydrogens is 275 g/mol. The average Bonchev–Trinajstić information content (AvgIpc) is 2.84.